The first-order valence-electron chi connectivity index (χ1n) is 13.1. The van der Waals surface area contributed by atoms with Crippen LogP contribution in [0.15, 0.2) is 40.4 Å². The molecule has 4 N–H and O–H groups in total. The molecule has 4 rings (SSSR count). The zero-order valence-corrected chi connectivity index (χ0v) is 24.7. The fraction of sp³-hybridized carbons (Fsp3) is 0.407. The van der Waals surface area contributed by atoms with Gasteiger partial charge in [-0.3, -0.25) is 24.3 Å². The molecular formula is C27H34N8O6S. The summed E-state index contributed by atoms with van der Waals surface area (Å²) in [6.45, 7) is 4.87. The number of carboxylic acid groups (broad SMARTS) is 1. The molecule has 15 heteroatoms. The van der Waals surface area contributed by atoms with Gasteiger partial charge in [-0.2, -0.15) is 0 Å². The first-order valence-corrected chi connectivity index (χ1v) is 14.0. The van der Waals surface area contributed by atoms with Crippen LogP contribution in [0, 0.1) is 12.8 Å². The number of carbonyl (C=O) groups excluding carboxylic acids is 1. The quantitative estimate of drug-likeness (QED) is 0.125. The number of anilines is 3. The van der Waals surface area contributed by atoms with Crippen LogP contribution in [0.2, 0.25) is 0 Å². The number of aromatic carboxylic acids is 1. The van der Waals surface area contributed by atoms with Crippen LogP contribution < -0.4 is 25.7 Å². The second-order valence-electron chi connectivity index (χ2n) is 9.69. The monoisotopic (exact) mass is 598 g/mol. The maximum atomic E-state index is 13.0. The number of pyridine rings is 3. The number of likely N-dealkylation sites (N-methyl/N-ethyl adjacent to an activating group) is 1. The Morgan fingerprint density at radius 3 is 2.67 bits per heavy atom. The molecule has 0 aliphatic carbocycles. The van der Waals surface area contributed by atoms with Crippen molar-refractivity contribution >= 4 is 57.3 Å². The minimum Gasteiger partial charge on any atom is -0.477 e. The van der Waals surface area contributed by atoms with Gasteiger partial charge in [0.1, 0.15) is 17.2 Å². The number of hydrogen-bond donors (Lipinski definition) is 3. The molecule has 0 radical (unpaired) electrons. The molecule has 14 nitrogen and oxygen atoms in total. The van der Waals surface area contributed by atoms with E-state index in [0.717, 1.165) is 17.6 Å². The molecule has 0 atom stereocenters. The topological polar surface area (TPSA) is 178 Å². The Morgan fingerprint density at radius 1 is 1.29 bits per heavy atom. The number of amides is 1. The summed E-state index contributed by atoms with van der Waals surface area (Å²) in [7, 11) is 5.08. The van der Waals surface area contributed by atoms with Gasteiger partial charge >= 0.3 is 5.97 Å². The van der Waals surface area contributed by atoms with Crippen molar-refractivity contribution in [1.29, 1.82) is 0 Å². The summed E-state index contributed by atoms with van der Waals surface area (Å²) in [6, 6.07) is 5.36. The minimum atomic E-state index is -1.35. The molecule has 224 valence electrons. The number of nitrogens with zero attached hydrogens (tertiary/aromatic N) is 6. The number of nitrogens with one attached hydrogen (secondary N) is 1. The molecule has 1 aliphatic rings. The van der Waals surface area contributed by atoms with Crippen LogP contribution in [0.3, 0.4) is 0 Å². The number of carboxylic acids is 1. The molecule has 0 aromatic carbocycles. The molecule has 4 heterocycles. The first-order chi connectivity index (χ1) is 20.2. The van der Waals surface area contributed by atoms with Gasteiger partial charge in [-0.15, -0.1) is 0 Å². The lowest BCUT2D eigenvalue weighted by molar-refractivity contribution is -0.120. The van der Waals surface area contributed by atoms with Crippen LogP contribution in [0.4, 0.5) is 17.3 Å². The van der Waals surface area contributed by atoms with E-state index in [1.165, 1.54) is 17.8 Å². The highest BCUT2D eigenvalue weighted by Crippen LogP contribution is 2.28. The van der Waals surface area contributed by atoms with Gasteiger partial charge in [0.2, 0.25) is 11.3 Å². The summed E-state index contributed by atoms with van der Waals surface area (Å²) < 4.78 is 11.9. The molecule has 3 aromatic heterocycles. The molecule has 1 saturated heterocycles. The van der Waals surface area contributed by atoms with Gasteiger partial charge in [0.05, 0.1) is 43.0 Å². The van der Waals surface area contributed by atoms with Crippen molar-refractivity contribution in [2.45, 2.75) is 6.92 Å². The molecule has 42 heavy (non-hydrogen) atoms. The van der Waals surface area contributed by atoms with Crippen molar-refractivity contribution in [3.8, 4) is 0 Å². The number of aromatic nitrogens is 3. The Hall–Kier alpha value is -4.05. The van der Waals surface area contributed by atoms with E-state index >= 15 is 0 Å². The summed E-state index contributed by atoms with van der Waals surface area (Å²) in [4.78, 5) is 54.7. The largest absolute Gasteiger partial charge is 0.477 e. The average Bonchev–Trinajstić information content (AvgIpc) is 2.93. The van der Waals surface area contributed by atoms with Gasteiger partial charge in [-0.05, 0) is 42.6 Å². The molecule has 1 amide bonds. The number of carbonyl (C=O) groups is 2. The van der Waals surface area contributed by atoms with E-state index in [1.54, 1.807) is 32.4 Å². The molecule has 0 bridgehead atoms. The highest BCUT2D eigenvalue weighted by atomic mass is 32.2. The Bertz CT molecular complexity index is 1540. The Balaban J connectivity index is 1.43. The third-order valence-electron chi connectivity index (χ3n) is 6.89. The molecule has 0 unspecified atom stereocenters. The van der Waals surface area contributed by atoms with E-state index in [0.29, 0.717) is 56.7 Å². The lowest BCUT2D eigenvalue weighted by Crippen LogP contribution is -2.52. The molecule has 1 aliphatic heterocycles. The van der Waals surface area contributed by atoms with Crippen molar-refractivity contribution < 1.29 is 24.2 Å². The number of nitrogens with two attached hydrogens (primary N) is 1. The van der Waals surface area contributed by atoms with Crippen LogP contribution in [0.5, 0.6) is 0 Å². The van der Waals surface area contributed by atoms with E-state index in [9.17, 15) is 19.5 Å². The van der Waals surface area contributed by atoms with Crippen LogP contribution in [0.25, 0.3) is 11.0 Å². The third-order valence-corrected chi connectivity index (χ3v) is 7.48. The highest BCUT2D eigenvalue weighted by molar-refractivity contribution is 8.11. The summed E-state index contributed by atoms with van der Waals surface area (Å²) in [5.41, 5.74) is 0.648. The molecule has 0 spiro atoms. The van der Waals surface area contributed by atoms with E-state index in [4.69, 9.17) is 14.6 Å². The highest BCUT2D eigenvalue weighted by Gasteiger charge is 2.34. The van der Waals surface area contributed by atoms with Crippen molar-refractivity contribution in [3.63, 3.8) is 0 Å². The van der Waals surface area contributed by atoms with Crippen LogP contribution in [0.1, 0.15) is 15.9 Å². The van der Waals surface area contributed by atoms with E-state index in [1.807, 2.05) is 22.9 Å². The molecule has 1 fully saturated rings. The van der Waals surface area contributed by atoms with Gasteiger partial charge in [0.25, 0.3) is 0 Å². The van der Waals surface area contributed by atoms with Crippen molar-refractivity contribution in [2.75, 3.05) is 75.8 Å². The van der Waals surface area contributed by atoms with Crippen molar-refractivity contribution in [2.24, 2.45) is 16.0 Å². The van der Waals surface area contributed by atoms with Crippen LogP contribution in [-0.4, -0.2) is 97.3 Å². The smallest absolute Gasteiger partial charge is 0.341 e. The van der Waals surface area contributed by atoms with Crippen molar-refractivity contribution in [3.05, 3.63) is 51.9 Å². The number of hydrogen-bond acceptors (Lipinski definition) is 12. The zero-order valence-electron chi connectivity index (χ0n) is 23.9. The predicted octanol–water partition coefficient (Wildman–Crippen LogP) is 1.41. The normalized spacial score (nSPS) is 13.7. The van der Waals surface area contributed by atoms with Crippen LogP contribution >= 0.6 is 11.9 Å². The number of fused-ring (bicyclic) bond motifs is 1. The maximum absolute atomic E-state index is 13.0. The number of methoxy groups -OCH3 is 1. The zero-order chi connectivity index (χ0) is 30.4. The Morgan fingerprint density at radius 2 is 2.05 bits per heavy atom. The number of rotatable bonds is 11. The van der Waals surface area contributed by atoms with E-state index in [2.05, 4.69) is 20.3 Å². The van der Waals surface area contributed by atoms with Gasteiger partial charge in [0.15, 0.2) is 10.8 Å². The lowest BCUT2D eigenvalue weighted by Gasteiger charge is -2.39. The second-order valence-corrected chi connectivity index (χ2v) is 10.3. The maximum Gasteiger partial charge on any atom is 0.341 e. The van der Waals surface area contributed by atoms with Gasteiger partial charge in [0, 0.05) is 47.0 Å². The van der Waals surface area contributed by atoms with E-state index < -0.39 is 17.0 Å². The number of ether oxygens (including phenoxy) is 2. The number of aryl methyl sites for hydroxylation is 1. The summed E-state index contributed by atoms with van der Waals surface area (Å²) in [5, 5.41) is 18.6. The van der Waals surface area contributed by atoms with Gasteiger partial charge in [-0.1, -0.05) is 0 Å². The summed E-state index contributed by atoms with van der Waals surface area (Å²) in [6.07, 6.45) is 2.88. The number of aliphatic imine (C=N–C) groups is 1. The predicted molar refractivity (Wildman–Crippen MR) is 163 cm³/mol. The minimum absolute atomic E-state index is 0.160. The SMILES string of the molecule is CN=C(SN)n1cc(C(=O)O)c(=O)c2c(C)cc(N3CC(C(=O)Nc4ccc(N(C)CCOCCOC)cn4)C3)nc21. The summed E-state index contributed by atoms with van der Waals surface area (Å²) in [5.74, 6) is -0.801. The molecule has 0 saturated carbocycles. The third kappa shape index (κ3) is 6.70. The Labute approximate surface area is 246 Å². The molecule has 3 aromatic rings. The Kier molecular flexibility index (Phi) is 10.1. The first kappa shape index (κ1) is 30.9. The van der Waals surface area contributed by atoms with Crippen LogP contribution in [-0.2, 0) is 14.3 Å². The fourth-order valence-electron chi connectivity index (χ4n) is 4.48. The van der Waals surface area contributed by atoms with E-state index in [-0.39, 0.29) is 28.0 Å². The fourth-order valence-corrected chi connectivity index (χ4v) is 4.83. The van der Waals surface area contributed by atoms with Crippen molar-refractivity contribution in [1.82, 2.24) is 14.5 Å². The molecular weight excluding hydrogens is 564 g/mol. The summed E-state index contributed by atoms with van der Waals surface area (Å²) >= 11 is 0.810. The standard InChI is InChI=1S/C27H34N8O6S/c1-16-11-21(32-24-22(16)23(36)19(26(38)39)15-35(24)27(29-2)42-28)34-13-17(14-34)25(37)31-20-6-5-18(12-30-20)33(3)7-8-41-10-9-40-4/h5-6,11-12,15,17H,7-10,13-14,28H2,1-4H3,(H,38,39)(H,30,31,37). The van der Waals surface area contributed by atoms with Gasteiger partial charge < -0.3 is 29.7 Å². The van der Waals surface area contributed by atoms with Gasteiger partial charge in [-0.25, -0.2) is 14.8 Å². The second kappa shape index (κ2) is 13.7. The lowest BCUT2D eigenvalue weighted by atomic mass is 9.98. The average molecular weight is 599 g/mol.